The fraction of sp³-hybridized carbons (Fsp3) is 0.111. The second-order valence-corrected chi connectivity index (χ2v) is 8.85. The van der Waals surface area contributed by atoms with E-state index in [1.165, 1.54) is 11.1 Å². The smallest absolute Gasteiger partial charge is 0.175 e. The number of nitrogens with zero attached hydrogens (tertiary/aromatic N) is 3. The number of benzene rings is 1. The lowest BCUT2D eigenvalue weighted by atomic mass is 10.1. The van der Waals surface area contributed by atoms with Gasteiger partial charge in [0.15, 0.2) is 9.84 Å². The average molecular weight is 369 g/mol. The maximum Gasteiger partial charge on any atom is 0.175 e. The molecule has 3 heterocycles. The summed E-state index contributed by atoms with van der Waals surface area (Å²) in [6.45, 7) is 0.708. The van der Waals surface area contributed by atoms with Crippen LogP contribution in [0.15, 0.2) is 65.1 Å². The first-order valence-corrected chi connectivity index (χ1v) is 10.4. The summed E-state index contributed by atoms with van der Waals surface area (Å²) in [7, 11) is -3.19. The van der Waals surface area contributed by atoms with Crippen molar-refractivity contribution in [1.29, 1.82) is 0 Å². The first kappa shape index (κ1) is 16.0. The molecule has 0 aliphatic rings. The molecule has 0 atom stereocenters. The van der Waals surface area contributed by atoms with Crippen LogP contribution in [-0.2, 0) is 16.4 Å². The number of thiophene rings is 1. The van der Waals surface area contributed by atoms with Crippen molar-refractivity contribution in [3.63, 3.8) is 0 Å². The van der Waals surface area contributed by atoms with Crippen LogP contribution in [0.25, 0.3) is 22.2 Å². The third-order valence-electron chi connectivity index (χ3n) is 4.00. The standard InChI is InChI=1S/C18H15N3O2S2/c1-25(22,23)16-6-4-13(5-7-16)14-9-18-17(19-10-14)11-20-21(18)12-15-3-2-8-24-15/h2-11H,12H2,1H3. The highest BCUT2D eigenvalue weighted by Gasteiger charge is 2.10. The summed E-state index contributed by atoms with van der Waals surface area (Å²) in [5.74, 6) is 0. The number of hydrogen-bond donors (Lipinski definition) is 0. The minimum Gasteiger partial charge on any atom is -0.258 e. The molecule has 1 aromatic carbocycles. The van der Waals surface area contributed by atoms with Crippen LogP contribution < -0.4 is 0 Å². The molecule has 0 aliphatic heterocycles. The van der Waals surface area contributed by atoms with Crippen LogP contribution in [0.3, 0.4) is 0 Å². The summed E-state index contributed by atoms with van der Waals surface area (Å²) in [5.41, 5.74) is 3.65. The van der Waals surface area contributed by atoms with Gasteiger partial charge in [0.2, 0.25) is 0 Å². The summed E-state index contributed by atoms with van der Waals surface area (Å²) >= 11 is 1.70. The number of hydrogen-bond acceptors (Lipinski definition) is 5. The van der Waals surface area contributed by atoms with Gasteiger partial charge in [-0.2, -0.15) is 5.10 Å². The molecular formula is C18H15N3O2S2. The Morgan fingerprint density at radius 1 is 1.08 bits per heavy atom. The predicted octanol–water partition coefficient (Wildman–Crippen LogP) is 3.61. The molecule has 0 saturated carbocycles. The van der Waals surface area contributed by atoms with E-state index in [0.29, 0.717) is 11.4 Å². The molecule has 126 valence electrons. The molecule has 0 saturated heterocycles. The van der Waals surface area contributed by atoms with Gasteiger partial charge < -0.3 is 0 Å². The summed E-state index contributed by atoms with van der Waals surface area (Å²) < 4.78 is 25.1. The van der Waals surface area contributed by atoms with E-state index in [2.05, 4.69) is 16.1 Å². The Morgan fingerprint density at radius 3 is 2.56 bits per heavy atom. The van der Waals surface area contributed by atoms with Gasteiger partial charge in [-0.05, 0) is 35.2 Å². The summed E-state index contributed by atoms with van der Waals surface area (Å²) in [5, 5.41) is 6.48. The third-order valence-corrected chi connectivity index (χ3v) is 5.99. The molecule has 0 fully saturated rings. The molecule has 3 aromatic heterocycles. The molecule has 25 heavy (non-hydrogen) atoms. The fourth-order valence-corrected chi connectivity index (χ4v) is 4.00. The van der Waals surface area contributed by atoms with Crippen molar-refractivity contribution in [2.24, 2.45) is 0 Å². The van der Waals surface area contributed by atoms with Gasteiger partial charge in [0.25, 0.3) is 0 Å². The highest BCUT2D eigenvalue weighted by atomic mass is 32.2. The van der Waals surface area contributed by atoms with Crippen molar-refractivity contribution in [2.45, 2.75) is 11.4 Å². The Labute approximate surface area is 149 Å². The fourth-order valence-electron chi connectivity index (χ4n) is 2.69. The van der Waals surface area contributed by atoms with Crippen molar-refractivity contribution >= 4 is 32.2 Å². The maximum absolute atomic E-state index is 11.6. The third kappa shape index (κ3) is 3.20. The zero-order valence-corrected chi connectivity index (χ0v) is 15.1. The molecule has 0 aliphatic carbocycles. The molecule has 0 N–H and O–H groups in total. The Kier molecular flexibility index (Phi) is 3.89. The number of pyridine rings is 1. The molecule has 0 radical (unpaired) electrons. The van der Waals surface area contributed by atoms with Crippen LogP contribution in [0.2, 0.25) is 0 Å². The molecule has 4 rings (SSSR count). The van der Waals surface area contributed by atoms with Crippen molar-refractivity contribution in [1.82, 2.24) is 14.8 Å². The van der Waals surface area contributed by atoms with Gasteiger partial charge in [-0.1, -0.05) is 18.2 Å². The van der Waals surface area contributed by atoms with E-state index in [1.54, 1.807) is 48.0 Å². The summed E-state index contributed by atoms with van der Waals surface area (Å²) in [6.07, 6.45) is 4.76. The molecule has 0 unspecified atom stereocenters. The first-order valence-electron chi connectivity index (χ1n) is 7.65. The largest absolute Gasteiger partial charge is 0.258 e. The van der Waals surface area contributed by atoms with Crippen LogP contribution in [0.1, 0.15) is 4.88 Å². The van der Waals surface area contributed by atoms with E-state index in [0.717, 1.165) is 22.2 Å². The molecule has 0 spiro atoms. The Morgan fingerprint density at radius 2 is 1.88 bits per heavy atom. The van der Waals surface area contributed by atoms with Gasteiger partial charge in [-0.15, -0.1) is 11.3 Å². The van der Waals surface area contributed by atoms with E-state index in [9.17, 15) is 8.42 Å². The minimum absolute atomic E-state index is 0.313. The molecule has 5 nitrogen and oxygen atoms in total. The van der Waals surface area contributed by atoms with Crippen LogP contribution in [0.4, 0.5) is 0 Å². The van der Waals surface area contributed by atoms with E-state index >= 15 is 0 Å². The van der Waals surface area contributed by atoms with Crippen molar-refractivity contribution in [2.75, 3.05) is 6.26 Å². The van der Waals surface area contributed by atoms with Gasteiger partial charge in [0.1, 0.15) is 5.52 Å². The summed E-state index contributed by atoms with van der Waals surface area (Å²) in [4.78, 5) is 6.02. The molecule has 4 aromatic rings. The van der Waals surface area contributed by atoms with Crippen LogP contribution in [-0.4, -0.2) is 29.4 Å². The molecule has 7 heteroatoms. The number of sulfone groups is 1. The topological polar surface area (TPSA) is 64.8 Å². The van der Waals surface area contributed by atoms with Crippen LogP contribution >= 0.6 is 11.3 Å². The lowest BCUT2D eigenvalue weighted by molar-refractivity contribution is 0.602. The molecule has 0 amide bonds. The Bertz CT molecular complexity index is 1130. The molecular weight excluding hydrogens is 354 g/mol. The van der Waals surface area contributed by atoms with Crippen molar-refractivity contribution in [3.05, 3.63) is 65.1 Å². The van der Waals surface area contributed by atoms with Crippen molar-refractivity contribution < 1.29 is 8.42 Å². The lowest BCUT2D eigenvalue weighted by Crippen LogP contribution is -1.99. The highest BCUT2D eigenvalue weighted by molar-refractivity contribution is 7.90. The lowest BCUT2D eigenvalue weighted by Gasteiger charge is -2.05. The van der Waals surface area contributed by atoms with E-state index in [-0.39, 0.29) is 0 Å². The molecule has 0 bridgehead atoms. The Hall–Kier alpha value is -2.51. The zero-order valence-electron chi connectivity index (χ0n) is 13.5. The van der Waals surface area contributed by atoms with Crippen LogP contribution in [0.5, 0.6) is 0 Å². The average Bonchev–Trinajstić information content (AvgIpc) is 3.24. The van der Waals surface area contributed by atoms with Gasteiger partial charge in [0.05, 0.1) is 23.2 Å². The number of aromatic nitrogens is 3. The second-order valence-electron chi connectivity index (χ2n) is 5.81. The zero-order chi connectivity index (χ0) is 17.4. The monoisotopic (exact) mass is 369 g/mol. The second kappa shape index (κ2) is 6.09. The normalized spacial score (nSPS) is 11.9. The van der Waals surface area contributed by atoms with Crippen LogP contribution in [0, 0.1) is 0 Å². The maximum atomic E-state index is 11.6. The van der Waals surface area contributed by atoms with E-state index in [4.69, 9.17) is 0 Å². The predicted molar refractivity (Wildman–Crippen MR) is 99.5 cm³/mol. The summed E-state index contributed by atoms with van der Waals surface area (Å²) in [6, 6.07) is 13.0. The minimum atomic E-state index is -3.19. The number of fused-ring (bicyclic) bond motifs is 1. The Balaban J connectivity index is 1.73. The van der Waals surface area contributed by atoms with Gasteiger partial charge in [-0.3, -0.25) is 9.67 Å². The van der Waals surface area contributed by atoms with Gasteiger partial charge >= 0.3 is 0 Å². The number of rotatable bonds is 4. The quantitative estimate of drug-likeness (QED) is 0.551. The SMILES string of the molecule is CS(=O)(=O)c1ccc(-c2cnc3cnn(Cc4cccs4)c3c2)cc1. The van der Waals surface area contributed by atoms with E-state index in [1.807, 2.05) is 22.2 Å². The van der Waals surface area contributed by atoms with Gasteiger partial charge in [0, 0.05) is 22.9 Å². The van der Waals surface area contributed by atoms with Gasteiger partial charge in [-0.25, -0.2) is 8.42 Å². The van der Waals surface area contributed by atoms with Crippen molar-refractivity contribution in [3.8, 4) is 11.1 Å². The highest BCUT2D eigenvalue weighted by Crippen LogP contribution is 2.25. The van der Waals surface area contributed by atoms with E-state index < -0.39 is 9.84 Å². The first-order chi connectivity index (χ1) is 12.0.